The number of nitrogens with zero attached hydrogens (tertiary/aromatic N) is 3. The van der Waals surface area contributed by atoms with Gasteiger partial charge in [-0.25, -0.2) is 0 Å². The van der Waals surface area contributed by atoms with Crippen LogP contribution < -0.4 is 5.32 Å². The smallest absolute Gasteiger partial charge is 0.230 e. The molecule has 2 rings (SSSR count). The fourth-order valence-electron chi connectivity index (χ4n) is 1.64. The molecule has 0 radical (unpaired) electrons. The molecule has 0 spiro atoms. The second-order valence-corrected chi connectivity index (χ2v) is 3.74. The van der Waals surface area contributed by atoms with E-state index in [1.807, 2.05) is 0 Å². The van der Waals surface area contributed by atoms with Gasteiger partial charge in [0.25, 0.3) is 0 Å². The van der Waals surface area contributed by atoms with Crippen molar-refractivity contribution >= 4 is 11.9 Å². The molecule has 1 aromatic heterocycles. The fourth-order valence-corrected chi connectivity index (χ4v) is 1.64. The number of hydrogen-bond acceptors (Lipinski definition) is 3. The Hall–Kier alpha value is -1.65. The van der Waals surface area contributed by atoms with E-state index in [1.54, 1.807) is 17.9 Å². The summed E-state index contributed by atoms with van der Waals surface area (Å²) in [6.07, 6.45) is 8.47. The lowest BCUT2D eigenvalue weighted by molar-refractivity contribution is -0.120. The van der Waals surface area contributed by atoms with Gasteiger partial charge in [0.05, 0.1) is 0 Å². The van der Waals surface area contributed by atoms with Gasteiger partial charge in [0.2, 0.25) is 11.9 Å². The molecule has 0 saturated carbocycles. The lowest BCUT2D eigenvalue weighted by Crippen LogP contribution is -2.24. The molecule has 1 N–H and O–H groups in total. The van der Waals surface area contributed by atoms with Crippen molar-refractivity contribution in [3.8, 4) is 0 Å². The summed E-state index contributed by atoms with van der Waals surface area (Å²) in [5, 5.41) is 10.3. The monoisotopic (exact) mass is 206 g/mol. The lowest BCUT2D eigenvalue weighted by atomic mass is 9.94. The van der Waals surface area contributed by atoms with E-state index in [1.165, 1.54) is 0 Å². The second-order valence-electron chi connectivity index (χ2n) is 3.74. The molecule has 1 unspecified atom stereocenters. The molecule has 0 fully saturated rings. The minimum absolute atomic E-state index is 0.0375. The fraction of sp³-hybridized carbons (Fsp3) is 0.500. The molecule has 1 amide bonds. The van der Waals surface area contributed by atoms with Gasteiger partial charge in [-0.1, -0.05) is 12.2 Å². The quantitative estimate of drug-likeness (QED) is 0.737. The maximum absolute atomic E-state index is 11.8. The summed E-state index contributed by atoms with van der Waals surface area (Å²) in [5.74, 6) is 0.622. The van der Waals surface area contributed by atoms with Crippen molar-refractivity contribution in [1.29, 1.82) is 0 Å². The molecule has 80 valence electrons. The van der Waals surface area contributed by atoms with Crippen molar-refractivity contribution < 1.29 is 4.79 Å². The number of hydrogen-bond donors (Lipinski definition) is 1. The normalized spacial score (nSPS) is 20.2. The van der Waals surface area contributed by atoms with Crippen LogP contribution >= 0.6 is 0 Å². The first-order valence-electron chi connectivity index (χ1n) is 5.07. The largest absolute Gasteiger partial charge is 0.303 e. The second kappa shape index (κ2) is 4.25. The van der Waals surface area contributed by atoms with Crippen LogP contribution in [0, 0.1) is 5.92 Å². The molecule has 1 aliphatic rings. The van der Waals surface area contributed by atoms with Gasteiger partial charge >= 0.3 is 0 Å². The average molecular weight is 206 g/mol. The summed E-state index contributed by atoms with van der Waals surface area (Å²) in [4.78, 5) is 11.8. The number of amides is 1. The van der Waals surface area contributed by atoms with Crippen molar-refractivity contribution in [2.75, 3.05) is 5.32 Å². The molecule has 5 nitrogen and oxygen atoms in total. The molecule has 0 aromatic carbocycles. The molecule has 0 bridgehead atoms. The lowest BCUT2D eigenvalue weighted by Gasteiger charge is -2.16. The molecular weight excluding hydrogens is 192 g/mol. The molecule has 1 aliphatic carbocycles. The van der Waals surface area contributed by atoms with E-state index in [9.17, 15) is 4.79 Å². The molecule has 0 aliphatic heterocycles. The molecule has 1 aromatic rings. The van der Waals surface area contributed by atoms with Crippen molar-refractivity contribution in [3.05, 3.63) is 18.5 Å². The van der Waals surface area contributed by atoms with E-state index in [2.05, 4.69) is 27.7 Å². The van der Waals surface area contributed by atoms with Crippen LogP contribution in [0.15, 0.2) is 18.5 Å². The van der Waals surface area contributed by atoms with Crippen LogP contribution in [0.3, 0.4) is 0 Å². The van der Waals surface area contributed by atoms with Crippen LogP contribution in [0.4, 0.5) is 5.95 Å². The maximum atomic E-state index is 11.8. The van der Waals surface area contributed by atoms with Gasteiger partial charge < -0.3 is 4.57 Å². The Labute approximate surface area is 88.2 Å². The van der Waals surface area contributed by atoms with Crippen molar-refractivity contribution in [2.45, 2.75) is 19.3 Å². The highest BCUT2D eigenvalue weighted by Gasteiger charge is 2.19. The zero-order valence-electron chi connectivity index (χ0n) is 8.68. The molecule has 15 heavy (non-hydrogen) atoms. The SMILES string of the molecule is Cn1cnnc1NC(=O)C1CC=CCC1. The number of nitrogens with one attached hydrogen (secondary N) is 1. The number of carbonyl (C=O) groups excluding carboxylic acids is 1. The summed E-state index contributed by atoms with van der Waals surface area (Å²) in [6.45, 7) is 0. The first-order chi connectivity index (χ1) is 7.27. The average Bonchev–Trinajstić information content (AvgIpc) is 2.66. The number of aryl methyl sites for hydroxylation is 1. The predicted octanol–water partition coefficient (Wildman–Crippen LogP) is 1.11. The summed E-state index contributed by atoms with van der Waals surface area (Å²) in [7, 11) is 1.80. The van der Waals surface area contributed by atoms with Crippen LogP contribution in [-0.4, -0.2) is 20.7 Å². The number of rotatable bonds is 2. The van der Waals surface area contributed by atoms with E-state index in [-0.39, 0.29) is 11.8 Å². The van der Waals surface area contributed by atoms with Crippen LogP contribution in [0.5, 0.6) is 0 Å². The zero-order valence-corrected chi connectivity index (χ0v) is 8.68. The van der Waals surface area contributed by atoms with Crippen LogP contribution in [0.2, 0.25) is 0 Å². The highest BCUT2D eigenvalue weighted by molar-refractivity contribution is 5.91. The minimum Gasteiger partial charge on any atom is -0.303 e. The minimum atomic E-state index is 0.0375. The van der Waals surface area contributed by atoms with Gasteiger partial charge in [-0.2, -0.15) is 0 Å². The topological polar surface area (TPSA) is 59.8 Å². The number of anilines is 1. The molecule has 1 heterocycles. The summed E-state index contributed by atoms with van der Waals surface area (Å²) >= 11 is 0. The van der Waals surface area contributed by atoms with Gasteiger partial charge in [-0.05, 0) is 19.3 Å². The van der Waals surface area contributed by atoms with Gasteiger partial charge in [-0.15, -0.1) is 10.2 Å². The standard InChI is InChI=1S/C10H14N4O/c1-14-7-11-13-10(14)12-9(15)8-5-3-2-4-6-8/h2-3,7-8H,4-6H2,1H3,(H,12,13,15). The first-order valence-corrected chi connectivity index (χ1v) is 5.07. The molecule has 0 saturated heterocycles. The van der Waals surface area contributed by atoms with Crippen molar-refractivity contribution in [1.82, 2.24) is 14.8 Å². The molecule has 1 atom stereocenters. The Morgan fingerprint density at radius 3 is 3.07 bits per heavy atom. The summed E-state index contributed by atoms with van der Waals surface area (Å²) in [5.41, 5.74) is 0. The molecular formula is C10H14N4O. The third-order valence-corrected chi connectivity index (χ3v) is 2.59. The Morgan fingerprint density at radius 2 is 2.47 bits per heavy atom. The van der Waals surface area contributed by atoms with Crippen LogP contribution in [0.1, 0.15) is 19.3 Å². The highest BCUT2D eigenvalue weighted by Crippen LogP contribution is 2.19. The predicted molar refractivity (Wildman–Crippen MR) is 56.1 cm³/mol. The number of carbonyl (C=O) groups is 1. The first kappa shape index (κ1) is 9.89. The van der Waals surface area contributed by atoms with E-state index < -0.39 is 0 Å². The Kier molecular flexibility index (Phi) is 2.80. The van der Waals surface area contributed by atoms with Crippen molar-refractivity contribution in [2.24, 2.45) is 13.0 Å². The van der Waals surface area contributed by atoms with E-state index in [4.69, 9.17) is 0 Å². The van der Waals surface area contributed by atoms with Crippen LogP contribution in [0.25, 0.3) is 0 Å². The van der Waals surface area contributed by atoms with E-state index in [0.717, 1.165) is 19.3 Å². The van der Waals surface area contributed by atoms with Gasteiger partial charge in [0, 0.05) is 13.0 Å². The zero-order chi connectivity index (χ0) is 10.7. The van der Waals surface area contributed by atoms with Crippen LogP contribution in [-0.2, 0) is 11.8 Å². The third-order valence-electron chi connectivity index (χ3n) is 2.59. The Morgan fingerprint density at radius 1 is 1.60 bits per heavy atom. The number of aromatic nitrogens is 3. The summed E-state index contributed by atoms with van der Waals surface area (Å²) < 4.78 is 1.69. The highest BCUT2D eigenvalue weighted by atomic mass is 16.2. The van der Waals surface area contributed by atoms with Gasteiger partial charge in [0.15, 0.2) is 0 Å². The molecule has 5 heteroatoms. The summed E-state index contributed by atoms with van der Waals surface area (Å²) in [6, 6.07) is 0. The Bertz CT molecular complexity index is 383. The third kappa shape index (κ3) is 2.23. The maximum Gasteiger partial charge on any atom is 0.230 e. The van der Waals surface area contributed by atoms with Crippen molar-refractivity contribution in [3.63, 3.8) is 0 Å². The van der Waals surface area contributed by atoms with Gasteiger partial charge in [-0.3, -0.25) is 10.1 Å². The number of allylic oxidation sites excluding steroid dienone is 2. The van der Waals surface area contributed by atoms with E-state index >= 15 is 0 Å². The Balaban J connectivity index is 1.97. The van der Waals surface area contributed by atoms with E-state index in [0.29, 0.717) is 5.95 Å². The van der Waals surface area contributed by atoms with Gasteiger partial charge in [0.1, 0.15) is 6.33 Å².